The number of nitrogens with zero attached hydrogens (tertiary/aromatic N) is 1. The monoisotopic (exact) mass is 282 g/mol. The number of anilines is 1. The predicted octanol–water partition coefficient (Wildman–Crippen LogP) is 3.05. The molecular formula is C15H23FN2S. The van der Waals surface area contributed by atoms with Gasteiger partial charge in [-0.25, -0.2) is 4.39 Å². The topological polar surface area (TPSA) is 29.3 Å². The SMILES string of the molecule is CC(N)Cc1cc(F)ccc1N1CCSC(C)(C)C1. The van der Waals surface area contributed by atoms with Gasteiger partial charge in [-0.2, -0.15) is 11.8 Å². The first kappa shape index (κ1) is 14.7. The van der Waals surface area contributed by atoms with Crippen molar-refractivity contribution in [2.24, 2.45) is 5.73 Å². The minimum absolute atomic E-state index is 0.0488. The first-order valence-corrected chi connectivity index (χ1v) is 7.79. The summed E-state index contributed by atoms with van der Waals surface area (Å²) in [5.41, 5.74) is 8.05. The highest BCUT2D eigenvalue weighted by atomic mass is 32.2. The number of hydrogen-bond acceptors (Lipinski definition) is 3. The molecule has 4 heteroatoms. The Morgan fingerprint density at radius 3 is 2.84 bits per heavy atom. The summed E-state index contributed by atoms with van der Waals surface area (Å²) < 4.78 is 13.7. The summed E-state index contributed by atoms with van der Waals surface area (Å²) in [6.45, 7) is 8.50. The molecule has 1 heterocycles. The van der Waals surface area contributed by atoms with Crippen LogP contribution in [0.5, 0.6) is 0 Å². The van der Waals surface area contributed by atoms with Crippen molar-refractivity contribution in [1.29, 1.82) is 0 Å². The molecular weight excluding hydrogens is 259 g/mol. The van der Waals surface area contributed by atoms with Crippen molar-refractivity contribution in [2.75, 3.05) is 23.7 Å². The molecule has 0 aliphatic carbocycles. The summed E-state index contributed by atoms with van der Waals surface area (Å²) in [5.74, 6) is 0.937. The molecule has 1 aliphatic rings. The molecule has 0 bridgehead atoms. The molecule has 1 aromatic rings. The second kappa shape index (κ2) is 5.71. The summed E-state index contributed by atoms with van der Waals surface area (Å²) in [5, 5.41) is 0. The Balaban J connectivity index is 2.27. The number of nitrogens with two attached hydrogens (primary N) is 1. The standard InChI is InChI=1S/C15H23FN2S/c1-11(17)8-12-9-13(16)4-5-14(12)18-6-7-19-15(2,3)10-18/h4-5,9,11H,6-8,10,17H2,1-3H3. The fourth-order valence-electron chi connectivity index (χ4n) is 2.60. The van der Waals surface area contributed by atoms with Crippen molar-refractivity contribution in [2.45, 2.75) is 38.0 Å². The molecule has 2 rings (SSSR count). The third kappa shape index (κ3) is 3.86. The van der Waals surface area contributed by atoms with E-state index in [0.717, 1.165) is 36.5 Å². The molecule has 2 N–H and O–H groups in total. The van der Waals surface area contributed by atoms with Crippen LogP contribution in [0.1, 0.15) is 26.3 Å². The van der Waals surface area contributed by atoms with Crippen LogP contribution < -0.4 is 10.6 Å². The lowest BCUT2D eigenvalue weighted by molar-refractivity contribution is 0.617. The fraction of sp³-hybridized carbons (Fsp3) is 0.600. The molecule has 0 aromatic heterocycles. The molecule has 1 aliphatic heterocycles. The second-order valence-corrected chi connectivity index (χ2v) is 7.79. The van der Waals surface area contributed by atoms with E-state index >= 15 is 0 Å². The molecule has 1 unspecified atom stereocenters. The Hall–Kier alpha value is -0.740. The van der Waals surface area contributed by atoms with Crippen LogP contribution in [0.25, 0.3) is 0 Å². The van der Waals surface area contributed by atoms with Crippen LogP contribution in [0.3, 0.4) is 0 Å². The molecule has 1 aromatic carbocycles. The smallest absolute Gasteiger partial charge is 0.123 e. The summed E-state index contributed by atoms with van der Waals surface area (Å²) >= 11 is 2.00. The van der Waals surface area contributed by atoms with E-state index in [1.54, 1.807) is 12.1 Å². The Labute approximate surface area is 119 Å². The zero-order valence-corrected chi connectivity index (χ0v) is 12.8. The highest BCUT2D eigenvalue weighted by molar-refractivity contribution is 8.00. The fourth-order valence-corrected chi connectivity index (χ4v) is 3.71. The number of hydrogen-bond donors (Lipinski definition) is 1. The van der Waals surface area contributed by atoms with E-state index in [2.05, 4.69) is 18.7 Å². The van der Waals surface area contributed by atoms with Gasteiger partial charge in [0.2, 0.25) is 0 Å². The average Bonchev–Trinajstić information content (AvgIpc) is 2.26. The van der Waals surface area contributed by atoms with E-state index in [9.17, 15) is 4.39 Å². The normalized spacial score (nSPS) is 20.4. The van der Waals surface area contributed by atoms with Gasteiger partial charge in [0.05, 0.1) is 0 Å². The minimum atomic E-state index is -0.176. The lowest BCUT2D eigenvalue weighted by Crippen LogP contribution is -2.43. The number of halogens is 1. The van der Waals surface area contributed by atoms with E-state index in [1.807, 2.05) is 24.8 Å². The van der Waals surface area contributed by atoms with Crippen molar-refractivity contribution in [3.63, 3.8) is 0 Å². The summed E-state index contributed by atoms with van der Waals surface area (Å²) in [7, 11) is 0. The van der Waals surface area contributed by atoms with Crippen molar-refractivity contribution >= 4 is 17.4 Å². The first-order chi connectivity index (χ1) is 8.87. The van der Waals surface area contributed by atoms with E-state index in [-0.39, 0.29) is 16.6 Å². The zero-order chi connectivity index (χ0) is 14.0. The van der Waals surface area contributed by atoms with Crippen LogP contribution in [0, 0.1) is 5.82 Å². The van der Waals surface area contributed by atoms with Crippen LogP contribution in [-0.2, 0) is 6.42 Å². The third-order valence-electron chi connectivity index (χ3n) is 3.35. The molecule has 0 saturated carbocycles. The van der Waals surface area contributed by atoms with Gasteiger partial charge in [0, 0.05) is 35.3 Å². The van der Waals surface area contributed by atoms with Gasteiger partial charge >= 0.3 is 0 Å². The first-order valence-electron chi connectivity index (χ1n) is 6.80. The van der Waals surface area contributed by atoms with Crippen LogP contribution in [0.15, 0.2) is 18.2 Å². The maximum atomic E-state index is 13.5. The maximum absolute atomic E-state index is 13.5. The van der Waals surface area contributed by atoms with Gasteiger partial charge in [0.25, 0.3) is 0 Å². The summed E-state index contributed by atoms with van der Waals surface area (Å²) in [6.07, 6.45) is 0.719. The molecule has 19 heavy (non-hydrogen) atoms. The Morgan fingerprint density at radius 2 is 2.21 bits per heavy atom. The van der Waals surface area contributed by atoms with Crippen molar-refractivity contribution < 1.29 is 4.39 Å². The van der Waals surface area contributed by atoms with Crippen molar-refractivity contribution in [1.82, 2.24) is 0 Å². The quantitative estimate of drug-likeness (QED) is 0.924. The molecule has 1 saturated heterocycles. The average molecular weight is 282 g/mol. The third-order valence-corrected chi connectivity index (χ3v) is 4.65. The van der Waals surface area contributed by atoms with Crippen LogP contribution in [-0.4, -0.2) is 29.6 Å². The van der Waals surface area contributed by atoms with E-state index in [1.165, 1.54) is 0 Å². The molecule has 2 nitrogen and oxygen atoms in total. The van der Waals surface area contributed by atoms with Gasteiger partial charge in [-0.05, 0) is 51.0 Å². The summed E-state index contributed by atoms with van der Waals surface area (Å²) in [4.78, 5) is 2.37. The lowest BCUT2D eigenvalue weighted by atomic mass is 10.0. The van der Waals surface area contributed by atoms with Crippen molar-refractivity contribution in [3.05, 3.63) is 29.6 Å². The van der Waals surface area contributed by atoms with Crippen LogP contribution in [0.2, 0.25) is 0 Å². The minimum Gasteiger partial charge on any atom is -0.369 e. The van der Waals surface area contributed by atoms with Crippen molar-refractivity contribution in [3.8, 4) is 0 Å². The maximum Gasteiger partial charge on any atom is 0.123 e. The summed E-state index contributed by atoms with van der Waals surface area (Å²) in [6, 6.07) is 5.13. The van der Waals surface area contributed by atoms with Crippen LogP contribution in [0.4, 0.5) is 10.1 Å². The highest BCUT2D eigenvalue weighted by Crippen LogP contribution is 2.34. The second-order valence-electron chi connectivity index (χ2n) is 5.98. The lowest BCUT2D eigenvalue weighted by Gasteiger charge is -2.40. The van der Waals surface area contributed by atoms with E-state index in [4.69, 9.17) is 5.73 Å². The predicted molar refractivity (Wildman–Crippen MR) is 82.5 cm³/mol. The molecule has 0 amide bonds. The molecule has 106 valence electrons. The number of benzene rings is 1. The number of rotatable bonds is 3. The van der Waals surface area contributed by atoms with E-state index < -0.39 is 0 Å². The molecule has 0 radical (unpaired) electrons. The Kier molecular flexibility index (Phi) is 4.41. The molecule has 1 atom stereocenters. The highest BCUT2D eigenvalue weighted by Gasteiger charge is 2.28. The van der Waals surface area contributed by atoms with Crippen LogP contribution >= 0.6 is 11.8 Å². The zero-order valence-electron chi connectivity index (χ0n) is 11.9. The number of thioether (sulfide) groups is 1. The molecule has 1 fully saturated rings. The van der Waals surface area contributed by atoms with Gasteiger partial charge in [-0.1, -0.05) is 0 Å². The Bertz CT molecular complexity index is 446. The van der Waals surface area contributed by atoms with E-state index in [0.29, 0.717) is 0 Å². The Morgan fingerprint density at radius 1 is 1.47 bits per heavy atom. The van der Waals surface area contributed by atoms with Gasteiger partial charge < -0.3 is 10.6 Å². The van der Waals surface area contributed by atoms with Gasteiger partial charge in [-0.3, -0.25) is 0 Å². The largest absolute Gasteiger partial charge is 0.369 e. The van der Waals surface area contributed by atoms with Gasteiger partial charge in [0.15, 0.2) is 0 Å². The molecule has 0 spiro atoms. The van der Waals surface area contributed by atoms with Gasteiger partial charge in [0.1, 0.15) is 5.82 Å². The van der Waals surface area contributed by atoms with Gasteiger partial charge in [-0.15, -0.1) is 0 Å².